The molecule has 0 fully saturated rings. The Hall–Kier alpha value is -2.63. The summed E-state index contributed by atoms with van der Waals surface area (Å²) in [7, 11) is 3.50. The van der Waals surface area contributed by atoms with Crippen LogP contribution in [-0.4, -0.2) is 34.3 Å². The minimum Gasteiger partial charge on any atom is -0.467 e. The molecule has 2 aromatic heterocycles. The quantitative estimate of drug-likeness (QED) is 0.791. The first-order chi connectivity index (χ1) is 9.69. The summed E-state index contributed by atoms with van der Waals surface area (Å²) in [6.45, 7) is 2.01. The third-order valence-corrected chi connectivity index (χ3v) is 3.26. The fourth-order valence-corrected chi connectivity index (χ4v) is 2.09. The van der Waals surface area contributed by atoms with Crippen molar-refractivity contribution in [3.05, 3.63) is 36.2 Å². The van der Waals surface area contributed by atoms with Crippen molar-refractivity contribution in [1.29, 1.82) is 0 Å². The van der Waals surface area contributed by atoms with Crippen LogP contribution in [0.1, 0.15) is 5.69 Å². The van der Waals surface area contributed by atoms with Crippen molar-refractivity contribution in [2.24, 2.45) is 0 Å². The van der Waals surface area contributed by atoms with Crippen LogP contribution < -0.4 is 9.64 Å². The molecule has 0 unspecified atom stereocenters. The van der Waals surface area contributed by atoms with Gasteiger partial charge in [0.15, 0.2) is 0 Å². The fraction of sp³-hybridized carbons (Fsp3) is 0.214. The van der Waals surface area contributed by atoms with Gasteiger partial charge in [0.25, 0.3) is 0 Å². The third kappa shape index (κ3) is 2.05. The molecule has 0 aliphatic rings. The van der Waals surface area contributed by atoms with Crippen LogP contribution in [0.3, 0.4) is 0 Å². The smallest absolute Gasteiger partial charge is 0.318 e. The van der Waals surface area contributed by atoms with Crippen molar-refractivity contribution in [3.63, 3.8) is 0 Å². The third-order valence-electron chi connectivity index (χ3n) is 3.26. The molecule has 0 aliphatic heterocycles. The number of aryl methyl sites for hydroxylation is 1. The van der Waals surface area contributed by atoms with Gasteiger partial charge in [0.1, 0.15) is 5.82 Å². The number of aromatic nitrogens is 4. The summed E-state index contributed by atoms with van der Waals surface area (Å²) in [4.78, 5) is 10.3. The average molecular weight is 269 g/mol. The highest BCUT2D eigenvalue weighted by atomic mass is 16.5. The topological polar surface area (TPSA) is 66.9 Å². The van der Waals surface area contributed by atoms with Gasteiger partial charge in [-0.3, -0.25) is 5.10 Å². The second-order valence-electron chi connectivity index (χ2n) is 4.51. The van der Waals surface area contributed by atoms with Crippen molar-refractivity contribution in [1.82, 2.24) is 20.2 Å². The van der Waals surface area contributed by atoms with Crippen molar-refractivity contribution in [2.45, 2.75) is 6.92 Å². The van der Waals surface area contributed by atoms with Crippen LogP contribution in [-0.2, 0) is 0 Å². The molecule has 6 nitrogen and oxygen atoms in total. The van der Waals surface area contributed by atoms with Crippen LogP contribution in [0.15, 0.2) is 30.5 Å². The largest absolute Gasteiger partial charge is 0.467 e. The van der Waals surface area contributed by atoms with Gasteiger partial charge in [-0.1, -0.05) is 0 Å². The highest BCUT2D eigenvalue weighted by molar-refractivity contribution is 5.85. The number of aromatic amines is 1. The maximum absolute atomic E-state index is 5.05. The number of hydrogen-bond donors (Lipinski definition) is 1. The Balaban J connectivity index is 2.00. The summed E-state index contributed by atoms with van der Waals surface area (Å²) < 4.78 is 5.05. The molecule has 0 bridgehead atoms. The predicted molar refractivity (Wildman–Crippen MR) is 77.5 cm³/mol. The molecule has 3 rings (SSSR count). The Morgan fingerprint density at radius 3 is 2.90 bits per heavy atom. The lowest BCUT2D eigenvalue weighted by molar-refractivity contribution is 0.380. The molecule has 20 heavy (non-hydrogen) atoms. The maximum atomic E-state index is 5.05. The first-order valence-corrected chi connectivity index (χ1v) is 6.24. The average Bonchev–Trinajstić information content (AvgIpc) is 2.87. The lowest BCUT2D eigenvalue weighted by atomic mass is 10.2. The number of ether oxygens (including phenoxy) is 1. The van der Waals surface area contributed by atoms with Gasteiger partial charge >= 0.3 is 6.01 Å². The Labute approximate surface area is 116 Å². The minimum atomic E-state index is 0.353. The van der Waals surface area contributed by atoms with E-state index < -0.39 is 0 Å². The molecule has 0 aliphatic carbocycles. The monoisotopic (exact) mass is 269 g/mol. The van der Waals surface area contributed by atoms with Crippen LogP contribution >= 0.6 is 0 Å². The molecule has 0 spiro atoms. The number of hydrogen-bond acceptors (Lipinski definition) is 5. The molecule has 1 aromatic carbocycles. The zero-order valence-electron chi connectivity index (χ0n) is 11.6. The second kappa shape index (κ2) is 4.80. The molecule has 0 saturated heterocycles. The van der Waals surface area contributed by atoms with E-state index in [0.29, 0.717) is 6.01 Å². The number of anilines is 2. The zero-order chi connectivity index (χ0) is 14.1. The van der Waals surface area contributed by atoms with Gasteiger partial charge in [-0.2, -0.15) is 10.1 Å². The van der Waals surface area contributed by atoms with Crippen LogP contribution in [0.25, 0.3) is 10.9 Å². The van der Waals surface area contributed by atoms with Gasteiger partial charge in [-0.05, 0) is 31.2 Å². The van der Waals surface area contributed by atoms with Crippen LogP contribution in [0.4, 0.5) is 11.5 Å². The summed E-state index contributed by atoms with van der Waals surface area (Å²) >= 11 is 0. The van der Waals surface area contributed by atoms with Gasteiger partial charge in [-0.15, -0.1) is 0 Å². The molecule has 102 valence electrons. The van der Waals surface area contributed by atoms with E-state index in [-0.39, 0.29) is 0 Å². The lowest BCUT2D eigenvalue weighted by Gasteiger charge is -2.18. The van der Waals surface area contributed by atoms with E-state index in [1.54, 1.807) is 13.3 Å². The summed E-state index contributed by atoms with van der Waals surface area (Å²) in [5.74, 6) is 0.767. The van der Waals surface area contributed by atoms with Gasteiger partial charge in [0.2, 0.25) is 0 Å². The number of fused-ring (bicyclic) bond motifs is 1. The Kier molecular flexibility index (Phi) is 2.98. The van der Waals surface area contributed by atoms with Crippen molar-refractivity contribution in [2.75, 3.05) is 19.1 Å². The van der Waals surface area contributed by atoms with E-state index in [4.69, 9.17) is 4.74 Å². The van der Waals surface area contributed by atoms with Crippen molar-refractivity contribution < 1.29 is 4.74 Å². The molecule has 0 amide bonds. The summed E-state index contributed by atoms with van der Waals surface area (Å²) in [6.07, 6.45) is 1.68. The SMILES string of the molecule is COc1nccc(N(C)c2ccc3c(C)[nH]nc3c2)n1. The molecule has 0 radical (unpaired) electrons. The van der Waals surface area contributed by atoms with Crippen molar-refractivity contribution in [3.8, 4) is 6.01 Å². The van der Waals surface area contributed by atoms with E-state index in [2.05, 4.69) is 26.2 Å². The lowest BCUT2D eigenvalue weighted by Crippen LogP contribution is -2.11. The van der Waals surface area contributed by atoms with Gasteiger partial charge < -0.3 is 9.64 Å². The zero-order valence-corrected chi connectivity index (χ0v) is 11.6. The number of benzene rings is 1. The van der Waals surface area contributed by atoms with Crippen LogP contribution in [0, 0.1) is 6.92 Å². The molecule has 0 atom stereocenters. The maximum Gasteiger partial charge on any atom is 0.318 e. The second-order valence-corrected chi connectivity index (χ2v) is 4.51. The summed E-state index contributed by atoms with van der Waals surface area (Å²) in [6, 6.07) is 8.30. The molecule has 0 saturated carbocycles. The Bertz CT molecular complexity index is 752. The van der Waals surface area contributed by atoms with Crippen LogP contribution in [0.2, 0.25) is 0 Å². The van der Waals surface area contributed by atoms with Gasteiger partial charge in [0.05, 0.1) is 12.6 Å². The molecule has 6 heteroatoms. The van der Waals surface area contributed by atoms with Crippen LogP contribution in [0.5, 0.6) is 6.01 Å². The normalized spacial score (nSPS) is 10.8. The highest BCUT2D eigenvalue weighted by Gasteiger charge is 2.09. The van der Waals surface area contributed by atoms with Crippen molar-refractivity contribution >= 4 is 22.4 Å². The van der Waals surface area contributed by atoms with E-state index in [1.165, 1.54) is 0 Å². The predicted octanol–water partition coefficient (Wildman–Crippen LogP) is 2.44. The first kappa shape index (κ1) is 12.4. The molecule has 1 N–H and O–H groups in total. The molecular formula is C14H15N5O. The summed E-state index contributed by atoms with van der Waals surface area (Å²) in [5, 5.41) is 8.39. The van der Waals surface area contributed by atoms with Gasteiger partial charge in [0, 0.05) is 30.0 Å². The number of nitrogens with zero attached hydrogens (tertiary/aromatic N) is 4. The minimum absolute atomic E-state index is 0.353. The van der Waals surface area contributed by atoms with E-state index in [0.717, 1.165) is 28.1 Å². The standard InChI is InChI=1S/C14H15N5O/c1-9-11-5-4-10(8-12(11)18-17-9)19(2)13-6-7-15-14(16-13)20-3/h4-8H,1-3H3,(H,17,18). The molecule has 3 aromatic rings. The van der Waals surface area contributed by atoms with E-state index in [9.17, 15) is 0 Å². The Morgan fingerprint density at radius 2 is 2.10 bits per heavy atom. The number of rotatable bonds is 3. The summed E-state index contributed by atoms with van der Waals surface area (Å²) in [5.41, 5.74) is 3.01. The van der Waals surface area contributed by atoms with E-state index >= 15 is 0 Å². The highest BCUT2D eigenvalue weighted by Crippen LogP contribution is 2.26. The number of nitrogens with one attached hydrogen (secondary N) is 1. The van der Waals surface area contributed by atoms with Gasteiger partial charge in [-0.25, -0.2) is 4.98 Å². The number of H-pyrrole nitrogens is 1. The first-order valence-electron chi connectivity index (χ1n) is 6.24. The number of methoxy groups -OCH3 is 1. The molecule has 2 heterocycles. The fourth-order valence-electron chi connectivity index (χ4n) is 2.09. The molecular weight excluding hydrogens is 254 g/mol. The van der Waals surface area contributed by atoms with E-state index in [1.807, 2.05) is 37.1 Å². The Morgan fingerprint density at radius 1 is 1.25 bits per heavy atom.